The minimum atomic E-state index is -0.759. The van der Waals surface area contributed by atoms with Crippen LogP contribution in [0.4, 0.5) is 4.79 Å². The third-order valence-corrected chi connectivity index (χ3v) is 7.07. The summed E-state index contributed by atoms with van der Waals surface area (Å²) in [6.07, 6.45) is 19.5. The van der Waals surface area contributed by atoms with Crippen LogP contribution < -0.4 is 0 Å². The molecule has 1 aliphatic rings. The molecule has 1 aromatic carbocycles. The van der Waals surface area contributed by atoms with Crippen LogP contribution in [0.3, 0.4) is 0 Å². The average Bonchev–Trinajstić information content (AvgIpc) is 3.18. The predicted molar refractivity (Wildman–Crippen MR) is 157 cm³/mol. The molecule has 5 heteroatoms. The molecule has 1 aromatic rings. The second kappa shape index (κ2) is 17.0. The van der Waals surface area contributed by atoms with Gasteiger partial charge >= 0.3 is 6.09 Å². The first-order valence-electron chi connectivity index (χ1n) is 15.1. The van der Waals surface area contributed by atoms with Crippen LogP contribution in [0.2, 0.25) is 0 Å². The smallest absolute Gasteiger partial charge is 0.413 e. The summed E-state index contributed by atoms with van der Waals surface area (Å²) in [6.45, 7) is 12.7. The predicted octanol–water partition coefficient (Wildman–Crippen LogP) is 9.20. The molecule has 0 N–H and O–H groups in total. The number of rotatable bonds is 17. The third kappa shape index (κ3) is 12.3. The molecule has 0 aromatic heterocycles. The zero-order chi connectivity index (χ0) is 27.9. The highest BCUT2D eigenvalue weighted by Crippen LogP contribution is 2.32. The van der Waals surface area contributed by atoms with Crippen LogP contribution in [0.15, 0.2) is 42.5 Å². The van der Waals surface area contributed by atoms with Crippen molar-refractivity contribution < 1.29 is 19.0 Å². The van der Waals surface area contributed by atoms with E-state index in [4.69, 9.17) is 14.2 Å². The highest BCUT2D eigenvalue weighted by Gasteiger charge is 2.48. The molecule has 2 atom stereocenters. The van der Waals surface area contributed by atoms with Gasteiger partial charge in [0.25, 0.3) is 0 Å². The summed E-state index contributed by atoms with van der Waals surface area (Å²) in [7, 11) is 0. The van der Waals surface area contributed by atoms with E-state index < -0.39 is 11.3 Å². The SMILES string of the molecule is CCCCCCCCCCCCC/C=C/[C@@H](OCc1ccccc1)[C@@H]1COC(C)(C)N1C(=O)OC(C)(C)C. The fourth-order valence-electron chi connectivity index (χ4n) is 4.96. The Kier molecular flexibility index (Phi) is 14.5. The van der Waals surface area contributed by atoms with Gasteiger partial charge in [-0.05, 0) is 53.0 Å². The number of carbonyl (C=O) groups is 1. The van der Waals surface area contributed by atoms with Crippen LogP contribution in [-0.4, -0.2) is 41.1 Å². The van der Waals surface area contributed by atoms with E-state index in [0.717, 1.165) is 12.0 Å². The maximum atomic E-state index is 13.2. The molecule has 38 heavy (non-hydrogen) atoms. The molecule has 0 radical (unpaired) electrons. The van der Waals surface area contributed by atoms with Crippen molar-refractivity contribution in [3.8, 4) is 0 Å². The highest BCUT2D eigenvalue weighted by molar-refractivity contribution is 5.70. The first-order chi connectivity index (χ1) is 18.1. The lowest BCUT2D eigenvalue weighted by Gasteiger charge is -2.37. The topological polar surface area (TPSA) is 48.0 Å². The van der Waals surface area contributed by atoms with Crippen LogP contribution in [0, 0.1) is 0 Å². The quantitative estimate of drug-likeness (QED) is 0.149. The van der Waals surface area contributed by atoms with Gasteiger partial charge in [-0.2, -0.15) is 0 Å². The molecule has 1 aliphatic heterocycles. The molecule has 0 saturated carbocycles. The molecule has 1 heterocycles. The maximum Gasteiger partial charge on any atom is 0.413 e. The lowest BCUT2D eigenvalue weighted by Crippen LogP contribution is -2.53. The van der Waals surface area contributed by atoms with Gasteiger partial charge < -0.3 is 14.2 Å². The number of ether oxygens (including phenoxy) is 3. The van der Waals surface area contributed by atoms with Crippen molar-refractivity contribution in [3.63, 3.8) is 0 Å². The molecule has 1 saturated heterocycles. The summed E-state index contributed by atoms with van der Waals surface area (Å²) in [6, 6.07) is 9.92. The molecule has 0 unspecified atom stereocenters. The Hall–Kier alpha value is -1.85. The van der Waals surface area contributed by atoms with Gasteiger partial charge in [0, 0.05) is 0 Å². The fourth-order valence-corrected chi connectivity index (χ4v) is 4.96. The molecule has 2 rings (SSSR count). The van der Waals surface area contributed by atoms with Crippen molar-refractivity contribution in [2.75, 3.05) is 6.61 Å². The Morgan fingerprint density at radius 3 is 2.16 bits per heavy atom. The summed E-state index contributed by atoms with van der Waals surface area (Å²) < 4.78 is 18.2. The molecule has 5 nitrogen and oxygen atoms in total. The number of hydrogen-bond donors (Lipinski definition) is 0. The lowest BCUT2D eigenvalue weighted by molar-refractivity contribution is -0.0698. The van der Waals surface area contributed by atoms with Crippen molar-refractivity contribution in [3.05, 3.63) is 48.0 Å². The standard InChI is InChI=1S/C33H55NO4/c1-7-8-9-10-11-12-13-14-15-16-17-18-22-25-30(36-26-28-23-20-19-21-24-28)29-27-37-33(5,6)34(29)31(35)38-32(2,3)4/h19-25,29-30H,7-18,26-27H2,1-6H3/b25-22+/t29-,30+/m0/s1. The third-order valence-electron chi connectivity index (χ3n) is 7.07. The minimum absolute atomic E-state index is 0.253. The first kappa shape index (κ1) is 32.4. The van der Waals surface area contributed by atoms with E-state index in [0.29, 0.717) is 13.2 Å². The number of allylic oxidation sites excluding steroid dienone is 1. The molecule has 1 amide bonds. The van der Waals surface area contributed by atoms with Crippen molar-refractivity contribution >= 4 is 6.09 Å². The molecule has 0 aliphatic carbocycles. The van der Waals surface area contributed by atoms with Crippen molar-refractivity contribution in [2.24, 2.45) is 0 Å². The first-order valence-corrected chi connectivity index (χ1v) is 15.1. The van der Waals surface area contributed by atoms with E-state index >= 15 is 0 Å². The number of amides is 1. The Morgan fingerprint density at radius 2 is 1.58 bits per heavy atom. The van der Waals surface area contributed by atoms with Gasteiger partial charge in [-0.1, -0.05) is 114 Å². The Morgan fingerprint density at radius 1 is 1.00 bits per heavy atom. The van der Waals surface area contributed by atoms with Crippen LogP contribution in [0.5, 0.6) is 0 Å². The normalized spacial score (nSPS) is 18.3. The number of benzene rings is 1. The van der Waals surface area contributed by atoms with Gasteiger partial charge in [0.05, 0.1) is 25.4 Å². The fraction of sp³-hybridized carbons (Fsp3) is 0.727. The number of carbonyl (C=O) groups excluding carboxylic acids is 1. The van der Waals surface area contributed by atoms with Crippen LogP contribution >= 0.6 is 0 Å². The largest absolute Gasteiger partial charge is 0.444 e. The molecular weight excluding hydrogens is 474 g/mol. The van der Waals surface area contributed by atoms with Crippen molar-refractivity contribution in [2.45, 2.75) is 149 Å². The van der Waals surface area contributed by atoms with E-state index in [-0.39, 0.29) is 18.2 Å². The van der Waals surface area contributed by atoms with Gasteiger partial charge in [0.1, 0.15) is 11.3 Å². The Balaban J connectivity index is 1.89. The summed E-state index contributed by atoms with van der Waals surface area (Å²) >= 11 is 0. The second-order valence-electron chi connectivity index (χ2n) is 12.2. The molecule has 0 bridgehead atoms. The van der Waals surface area contributed by atoms with Gasteiger partial charge in [0.2, 0.25) is 0 Å². The summed E-state index contributed by atoms with van der Waals surface area (Å²) in [5.74, 6) is 0. The van der Waals surface area contributed by atoms with Gasteiger partial charge in [-0.15, -0.1) is 0 Å². The summed E-state index contributed by atoms with van der Waals surface area (Å²) in [5, 5.41) is 0. The highest BCUT2D eigenvalue weighted by atomic mass is 16.6. The molecular formula is C33H55NO4. The van der Waals surface area contributed by atoms with Crippen molar-refractivity contribution in [1.29, 1.82) is 0 Å². The van der Waals surface area contributed by atoms with Crippen LogP contribution in [0.25, 0.3) is 0 Å². The number of nitrogens with zero attached hydrogens (tertiary/aromatic N) is 1. The van der Waals surface area contributed by atoms with E-state index in [1.54, 1.807) is 4.90 Å². The van der Waals surface area contributed by atoms with E-state index in [1.807, 2.05) is 52.8 Å². The number of unbranched alkanes of at least 4 members (excludes halogenated alkanes) is 11. The van der Waals surface area contributed by atoms with Gasteiger partial charge in [-0.25, -0.2) is 4.79 Å². The minimum Gasteiger partial charge on any atom is -0.444 e. The van der Waals surface area contributed by atoms with Gasteiger partial charge in [-0.3, -0.25) is 4.90 Å². The zero-order valence-electron chi connectivity index (χ0n) is 25.2. The van der Waals surface area contributed by atoms with Crippen molar-refractivity contribution in [1.82, 2.24) is 4.90 Å². The molecule has 216 valence electrons. The zero-order valence-corrected chi connectivity index (χ0v) is 25.2. The average molecular weight is 530 g/mol. The summed E-state index contributed by atoms with van der Waals surface area (Å²) in [5.41, 5.74) is -0.227. The molecule has 0 spiro atoms. The Labute approximate surface area is 233 Å². The lowest BCUT2D eigenvalue weighted by atomic mass is 10.0. The van der Waals surface area contributed by atoms with E-state index in [2.05, 4.69) is 31.2 Å². The monoisotopic (exact) mass is 529 g/mol. The van der Waals surface area contributed by atoms with Gasteiger partial charge in [0.15, 0.2) is 0 Å². The van der Waals surface area contributed by atoms with Crippen LogP contribution in [-0.2, 0) is 20.8 Å². The summed E-state index contributed by atoms with van der Waals surface area (Å²) in [4.78, 5) is 14.9. The maximum absolute atomic E-state index is 13.2. The number of hydrogen-bond acceptors (Lipinski definition) is 4. The van der Waals surface area contributed by atoms with Crippen LogP contribution in [0.1, 0.15) is 124 Å². The second-order valence-corrected chi connectivity index (χ2v) is 12.2. The van der Waals surface area contributed by atoms with E-state index in [1.165, 1.54) is 70.6 Å². The molecule has 1 fully saturated rings. The Bertz CT molecular complexity index is 799. The van der Waals surface area contributed by atoms with E-state index in [9.17, 15) is 4.79 Å².